The number of hydrogen-bond donors (Lipinski definition) is 1. The number of hydrogen-bond acceptors (Lipinski definition) is 2. The van der Waals surface area contributed by atoms with Crippen molar-refractivity contribution in [2.75, 3.05) is 13.6 Å². The second-order valence-electron chi connectivity index (χ2n) is 3.47. The van der Waals surface area contributed by atoms with E-state index in [0.717, 1.165) is 5.56 Å². The largest absolute Gasteiger partial charge is 0.331 e. The number of rotatable bonds is 3. The Bertz CT molecular complexity index is 313. The van der Waals surface area contributed by atoms with Crippen LogP contribution in [0.15, 0.2) is 24.5 Å². The number of urea groups is 1. The molecule has 82 valence electrons. The van der Waals surface area contributed by atoms with Gasteiger partial charge in [0, 0.05) is 26.0 Å². The highest BCUT2D eigenvalue weighted by molar-refractivity contribution is 5.74. The van der Waals surface area contributed by atoms with Crippen molar-refractivity contribution in [3.8, 4) is 0 Å². The first-order chi connectivity index (χ1) is 7.15. The number of amides is 2. The molecule has 1 aromatic rings. The summed E-state index contributed by atoms with van der Waals surface area (Å²) in [5, 5.41) is 2.91. The van der Waals surface area contributed by atoms with Crippen molar-refractivity contribution in [1.82, 2.24) is 15.2 Å². The molecule has 4 nitrogen and oxygen atoms in total. The normalized spacial score (nSPS) is 11.9. The fourth-order valence-corrected chi connectivity index (χ4v) is 1.17. The first-order valence-corrected chi connectivity index (χ1v) is 5.06. The molecule has 0 aliphatic heterocycles. The number of carbonyl (C=O) groups is 1. The Hall–Kier alpha value is -1.58. The van der Waals surface area contributed by atoms with Crippen LogP contribution in [0, 0.1) is 0 Å². The molecule has 1 unspecified atom stereocenters. The summed E-state index contributed by atoms with van der Waals surface area (Å²) in [6.07, 6.45) is 3.45. The van der Waals surface area contributed by atoms with E-state index in [4.69, 9.17) is 0 Å². The summed E-state index contributed by atoms with van der Waals surface area (Å²) < 4.78 is 0. The molecule has 1 atom stereocenters. The lowest BCUT2D eigenvalue weighted by molar-refractivity contribution is 0.208. The third kappa shape index (κ3) is 3.23. The minimum absolute atomic E-state index is 0.00880. The average Bonchev–Trinajstić information content (AvgIpc) is 2.29. The van der Waals surface area contributed by atoms with Gasteiger partial charge in [-0.1, -0.05) is 0 Å². The first-order valence-electron chi connectivity index (χ1n) is 5.06. The fourth-order valence-electron chi connectivity index (χ4n) is 1.17. The summed E-state index contributed by atoms with van der Waals surface area (Å²) in [6.45, 7) is 4.60. The van der Waals surface area contributed by atoms with Gasteiger partial charge in [0.2, 0.25) is 0 Å². The predicted octanol–water partition coefficient (Wildman–Crippen LogP) is 1.80. The Morgan fingerprint density at radius 1 is 1.53 bits per heavy atom. The Balaban J connectivity index is 2.56. The van der Waals surface area contributed by atoms with Crippen LogP contribution in [0.3, 0.4) is 0 Å². The van der Waals surface area contributed by atoms with Gasteiger partial charge in [0.1, 0.15) is 0 Å². The maximum absolute atomic E-state index is 11.6. The van der Waals surface area contributed by atoms with Gasteiger partial charge in [0.05, 0.1) is 6.04 Å². The summed E-state index contributed by atoms with van der Waals surface area (Å²) in [6, 6.07) is 3.75. The minimum Gasteiger partial charge on any atom is -0.331 e. The maximum atomic E-state index is 11.6. The first kappa shape index (κ1) is 11.5. The third-order valence-corrected chi connectivity index (χ3v) is 2.37. The number of aromatic nitrogens is 1. The summed E-state index contributed by atoms with van der Waals surface area (Å²) in [5.74, 6) is 0. The number of carbonyl (C=O) groups excluding carboxylic acids is 1. The third-order valence-electron chi connectivity index (χ3n) is 2.37. The molecule has 0 aliphatic rings. The van der Waals surface area contributed by atoms with Crippen LogP contribution in [0.1, 0.15) is 25.5 Å². The van der Waals surface area contributed by atoms with Crippen LogP contribution in [0.25, 0.3) is 0 Å². The van der Waals surface area contributed by atoms with E-state index >= 15 is 0 Å². The van der Waals surface area contributed by atoms with E-state index in [9.17, 15) is 4.79 Å². The molecule has 15 heavy (non-hydrogen) atoms. The molecule has 0 saturated heterocycles. The molecule has 0 spiro atoms. The highest BCUT2D eigenvalue weighted by Crippen LogP contribution is 2.10. The Kier molecular flexibility index (Phi) is 4.09. The fraction of sp³-hybridized carbons (Fsp3) is 0.455. The topological polar surface area (TPSA) is 45.2 Å². The van der Waals surface area contributed by atoms with Gasteiger partial charge in [0.15, 0.2) is 0 Å². The monoisotopic (exact) mass is 207 g/mol. The maximum Gasteiger partial charge on any atom is 0.317 e. The quantitative estimate of drug-likeness (QED) is 0.821. The van der Waals surface area contributed by atoms with Crippen molar-refractivity contribution in [2.45, 2.75) is 19.9 Å². The average molecular weight is 207 g/mol. The van der Waals surface area contributed by atoms with Crippen LogP contribution in [-0.2, 0) is 0 Å². The van der Waals surface area contributed by atoms with Gasteiger partial charge in [-0.25, -0.2) is 4.79 Å². The van der Waals surface area contributed by atoms with Crippen LogP contribution in [0.4, 0.5) is 4.79 Å². The van der Waals surface area contributed by atoms with Crippen molar-refractivity contribution in [3.05, 3.63) is 30.1 Å². The highest BCUT2D eigenvalue weighted by Gasteiger charge is 2.11. The van der Waals surface area contributed by atoms with Gasteiger partial charge in [0.25, 0.3) is 0 Å². The van der Waals surface area contributed by atoms with Crippen molar-refractivity contribution < 1.29 is 4.79 Å². The van der Waals surface area contributed by atoms with Crippen LogP contribution in [0.5, 0.6) is 0 Å². The van der Waals surface area contributed by atoms with Gasteiger partial charge in [-0.3, -0.25) is 4.98 Å². The molecule has 4 heteroatoms. The second-order valence-corrected chi connectivity index (χ2v) is 3.47. The summed E-state index contributed by atoms with van der Waals surface area (Å²) in [7, 11) is 1.77. The van der Waals surface area contributed by atoms with E-state index in [-0.39, 0.29) is 12.1 Å². The minimum atomic E-state index is -0.0539. The molecular weight excluding hydrogens is 190 g/mol. The van der Waals surface area contributed by atoms with Crippen LogP contribution in [0.2, 0.25) is 0 Å². The van der Waals surface area contributed by atoms with Crippen LogP contribution < -0.4 is 5.32 Å². The predicted molar refractivity (Wildman–Crippen MR) is 59.5 cm³/mol. The van der Waals surface area contributed by atoms with E-state index in [1.807, 2.05) is 26.0 Å². The molecule has 0 bridgehead atoms. The number of pyridine rings is 1. The molecule has 0 saturated carbocycles. The molecule has 2 amide bonds. The SMILES string of the molecule is CCN(C)C(=O)NC(C)c1ccncc1. The molecule has 1 aromatic heterocycles. The molecule has 0 aliphatic carbocycles. The number of nitrogens with zero attached hydrogens (tertiary/aromatic N) is 2. The molecular formula is C11H17N3O. The van der Waals surface area contributed by atoms with E-state index < -0.39 is 0 Å². The van der Waals surface area contributed by atoms with Gasteiger partial charge in [-0.2, -0.15) is 0 Å². The molecule has 1 rings (SSSR count). The zero-order valence-corrected chi connectivity index (χ0v) is 9.40. The van der Waals surface area contributed by atoms with E-state index in [0.29, 0.717) is 6.54 Å². The smallest absolute Gasteiger partial charge is 0.317 e. The van der Waals surface area contributed by atoms with Crippen LogP contribution >= 0.6 is 0 Å². The standard InChI is InChI=1S/C11H17N3O/c1-4-14(3)11(15)13-9(2)10-5-7-12-8-6-10/h5-9H,4H2,1-3H3,(H,13,15). The van der Waals surface area contributed by atoms with Crippen molar-refractivity contribution in [2.24, 2.45) is 0 Å². The molecule has 1 heterocycles. The molecule has 0 aromatic carbocycles. The van der Waals surface area contributed by atoms with E-state index in [2.05, 4.69) is 10.3 Å². The van der Waals surface area contributed by atoms with E-state index in [1.165, 1.54) is 0 Å². The van der Waals surface area contributed by atoms with Crippen molar-refractivity contribution in [1.29, 1.82) is 0 Å². The van der Waals surface area contributed by atoms with E-state index in [1.54, 1.807) is 24.3 Å². The van der Waals surface area contributed by atoms with Gasteiger partial charge >= 0.3 is 6.03 Å². The molecule has 0 fully saturated rings. The zero-order valence-electron chi connectivity index (χ0n) is 9.40. The van der Waals surface area contributed by atoms with Crippen LogP contribution in [-0.4, -0.2) is 29.5 Å². The Morgan fingerprint density at radius 3 is 2.67 bits per heavy atom. The summed E-state index contributed by atoms with van der Waals surface area (Å²) in [5.41, 5.74) is 1.06. The van der Waals surface area contributed by atoms with Gasteiger partial charge in [-0.15, -0.1) is 0 Å². The van der Waals surface area contributed by atoms with Crippen molar-refractivity contribution in [3.63, 3.8) is 0 Å². The number of nitrogens with one attached hydrogen (secondary N) is 1. The van der Waals surface area contributed by atoms with Gasteiger partial charge < -0.3 is 10.2 Å². The second kappa shape index (κ2) is 5.34. The highest BCUT2D eigenvalue weighted by atomic mass is 16.2. The van der Waals surface area contributed by atoms with Gasteiger partial charge in [-0.05, 0) is 31.5 Å². The zero-order chi connectivity index (χ0) is 11.3. The lowest BCUT2D eigenvalue weighted by atomic mass is 10.1. The Morgan fingerprint density at radius 2 is 2.13 bits per heavy atom. The molecule has 0 radical (unpaired) electrons. The molecule has 1 N–H and O–H groups in total. The Labute approximate surface area is 90.3 Å². The lowest BCUT2D eigenvalue weighted by Crippen LogP contribution is -2.38. The van der Waals surface area contributed by atoms with Crippen molar-refractivity contribution >= 4 is 6.03 Å². The summed E-state index contributed by atoms with van der Waals surface area (Å²) in [4.78, 5) is 17.1. The summed E-state index contributed by atoms with van der Waals surface area (Å²) >= 11 is 0. The lowest BCUT2D eigenvalue weighted by Gasteiger charge is -2.20.